The van der Waals surface area contributed by atoms with Crippen molar-refractivity contribution in [3.8, 4) is 17.4 Å². The minimum atomic E-state index is -4.47. The van der Waals surface area contributed by atoms with Crippen LogP contribution in [0, 0.1) is 0 Å². The molecule has 1 aromatic heterocycles. The molecule has 27 heavy (non-hydrogen) atoms. The number of ether oxygens (including phenoxy) is 2. The lowest BCUT2D eigenvalue weighted by Crippen LogP contribution is -2.31. The van der Waals surface area contributed by atoms with Crippen LogP contribution < -0.4 is 9.47 Å². The second-order valence-corrected chi connectivity index (χ2v) is 5.45. The third kappa shape index (κ3) is 4.78. The fourth-order valence-electron chi connectivity index (χ4n) is 2.13. The van der Waals surface area contributed by atoms with E-state index in [0.29, 0.717) is 11.9 Å². The highest BCUT2D eigenvalue weighted by molar-refractivity contribution is 5.72. The van der Waals surface area contributed by atoms with E-state index in [1.54, 1.807) is 0 Å². The Morgan fingerprint density at radius 2 is 1.81 bits per heavy atom. The Morgan fingerprint density at radius 3 is 2.41 bits per heavy atom. The van der Waals surface area contributed by atoms with E-state index >= 15 is 0 Å². The summed E-state index contributed by atoms with van der Waals surface area (Å²) in [4.78, 5) is 16.8. The number of allylic oxidation sites excluding steroid dienone is 2. The van der Waals surface area contributed by atoms with Crippen LogP contribution in [0.15, 0.2) is 66.7 Å². The van der Waals surface area contributed by atoms with E-state index in [2.05, 4.69) is 4.98 Å². The Labute approximate surface area is 151 Å². The highest BCUT2D eigenvalue weighted by atomic mass is 19.4. The van der Waals surface area contributed by atoms with Crippen LogP contribution >= 0.6 is 0 Å². The maximum atomic E-state index is 12.5. The van der Waals surface area contributed by atoms with Gasteiger partial charge in [-0.25, -0.2) is 9.78 Å². The Kier molecular flexibility index (Phi) is 5.02. The zero-order valence-electron chi connectivity index (χ0n) is 13.7. The van der Waals surface area contributed by atoms with Crippen LogP contribution in [0.4, 0.5) is 18.0 Å². The summed E-state index contributed by atoms with van der Waals surface area (Å²) in [6, 6.07) is 7.85. The number of hydrogen-bond donors (Lipinski definition) is 1. The van der Waals surface area contributed by atoms with Gasteiger partial charge in [0.25, 0.3) is 0 Å². The zero-order valence-corrected chi connectivity index (χ0v) is 13.7. The average molecular weight is 378 g/mol. The van der Waals surface area contributed by atoms with Gasteiger partial charge in [-0.05, 0) is 42.5 Å². The van der Waals surface area contributed by atoms with Gasteiger partial charge in [-0.2, -0.15) is 13.2 Å². The number of halogens is 3. The second-order valence-electron chi connectivity index (χ2n) is 5.45. The molecule has 6 nitrogen and oxygen atoms in total. The Bertz CT molecular complexity index is 875. The molecule has 0 radical (unpaired) electrons. The molecule has 0 spiro atoms. The first-order valence-electron chi connectivity index (χ1n) is 7.67. The van der Waals surface area contributed by atoms with Crippen molar-refractivity contribution in [3.63, 3.8) is 0 Å². The van der Waals surface area contributed by atoms with Gasteiger partial charge in [0.2, 0.25) is 5.88 Å². The topological polar surface area (TPSA) is 71.9 Å². The quantitative estimate of drug-likeness (QED) is 0.841. The van der Waals surface area contributed by atoms with E-state index < -0.39 is 17.8 Å². The van der Waals surface area contributed by atoms with Gasteiger partial charge < -0.3 is 14.6 Å². The fourth-order valence-corrected chi connectivity index (χ4v) is 2.13. The molecule has 1 aliphatic rings. The minimum Gasteiger partial charge on any atom is -0.510 e. The molecular weight excluding hydrogens is 365 g/mol. The van der Waals surface area contributed by atoms with Crippen LogP contribution in [-0.2, 0) is 6.18 Å². The van der Waals surface area contributed by atoms with Gasteiger partial charge in [0.05, 0.1) is 12.1 Å². The molecule has 3 rings (SSSR count). The molecule has 0 saturated heterocycles. The van der Waals surface area contributed by atoms with Crippen molar-refractivity contribution >= 4 is 6.09 Å². The lowest BCUT2D eigenvalue weighted by Gasteiger charge is -2.19. The molecule has 2 heterocycles. The number of alkyl halides is 3. The van der Waals surface area contributed by atoms with E-state index in [9.17, 15) is 23.1 Å². The number of aromatic nitrogens is 1. The summed E-state index contributed by atoms with van der Waals surface area (Å²) < 4.78 is 48.0. The number of benzene rings is 1. The van der Waals surface area contributed by atoms with Crippen molar-refractivity contribution in [2.75, 3.05) is 6.54 Å². The first-order chi connectivity index (χ1) is 12.8. The van der Waals surface area contributed by atoms with Gasteiger partial charge in [0.1, 0.15) is 17.3 Å². The minimum absolute atomic E-state index is 0.00605. The standard InChI is InChI=1S/C18H13F3N2O4/c19-18(20,21)12-3-8-16(22-10-12)26-14-4-6-15(7-5-14)27-17(25)23-9-1-2-13(24)11-23/h1-10,24H,11H2. The van der Waals surface area contributed by atoms with Crippen LogP contribution in [0.5, 0.6) is 17.4 Å². The summed E-state index contributed by atoms with van der Waals surface area (Å²) >= 11 is 0. The largest absolute Gasteiger partial charge is 0.510 e. The van der Waals surface area contributed by atoms with Gasteiger partial charge in [-0.3, -0.25) is 4.90 Å². The summed E-state index contributed by atoms with van der Waals surface area (Å²) in [6.07, 6.45) is -0.0204. The highest BCUT2D eigenvalue weighted by Gasteiger charge is 2.30. The first kappa shape index (κ1) is 18.3. The van der Waals surface area contributed by atoms with Crippen molar-refractivity contribution in [3.05, 3.63) is 72.3 Å². The molecule has 0 fully saturated rings. The molecule has 0 unspecified atom stereocenters. The van der Waals surface area contributed by atoms with Gasteiger partial charge in [-0.15, -0.1) is 0 Å². The Hall–Kier alpha value is -3.49. The number of amides is 1. The van der Waals surface area contributed by atoms with E-state index in [-0.39, 0.29) is 23.9 Å². The molecule has 0 atom stereocenters. The number of pyridine rings is 1. The third-order valence-corrected chi connectivity index (χ3v) is 3.44. The van der Waals surface area contributed by atoms with Crippen molar-refractivity contribution < 1.29 is 32.5 Å². The smallest absolute Gasteiger partial charge is 0.419 e. The third-order valence-electron chi connectivity index (χ3n) is 3.44. The number of rotatable bonds is 3. The monoisotopic (exact) mass is 378 g/mol. The molecule has 1 amide bonds. The average Bonchev–Trinajstić information content (AvgIpc) is 2.63. The van der Waals surface area contributed by atoms with Crippen molar-refractivity contribution in [2.24, 2.45) is 0 Å². The molecule has 0 saturated carbocycles. The van der Waals surface area contributed by atoms with Crippen molar-refractivity contribution in [1.29, 1.82) is 0 Å². The van der Waals surface area contributed by atoms with Crippen LogP contribution in [0.2, 0.25) is 0 Å². The van der Waals surface area contributed by atoms with Gasteiger partial charge in [-0.1, -0.05) is 0 Å². The normalized spacial score (nSPS) is 13.9. The predicted molar refractivity (Wildman–Crippen MR) is 88.3 cm³/mol. The summed E-state index contributed by atoms with van der Waals surface area (Å²) in [7, 11) is 0. The van der Waals surface area contributed by atoms with Crippen LogP contribution in [0.3, 0.4) is 0 Å². The molecular formula is C18H13F3N2O4. The number of carbonyl (C=O) groups is 1. The summed E-state index contributed by atoms with van der Waals surface area (Å²) in [5, 5.41) is 9.41. The molecule has 0 bridgehead atoms. The van der Waals surface area contributed by atoms with E-state index in [0.717, 1.165) is 12.1 Å². The van der Waals surface area contributed by atoms with E-state index in [1.807, 2.05) is 0 Å². The van der Waals surface area contributed by atoms with Gasteiger partial charge >= 0.3 is 12.3 Å². The second kappa shape index (κ2) is 7.40. The van der Waals surface area contributed by atoms with Gasteiger partial charge in [0, 0.05) is 18.5 Å². The van der Waals surface area contributed by atoms with Gasteiger partial charge in [0.15, 0.2) is 0 Å². The zero-order chi connectivity index (χ0) is 19.4. The van der Waals surface area contributed by atoms with Crippen LogP contribution in [-0.4, -0.2) is 27.6 Å². The maximum Gasteiger partial charge on any atom is 0.419 e. The molecule has 2 aromatic rings. The molecule has 1 N–H and O–H groups in total. The number of aliphatic hydroxyl groups is 1. The Balaban J connectivity index is 1.59. The number of aliphatic hydroxyl groups excluding tert-OH is 1. The summed E-state index contributed by atoms with van der Waals surface area (Å²) in [5.74, 6) is 0.561. The number of hydrogen-bond acceptors (Lipinski definition) is 5. The van der Waals surface area contributed by atoms with Crippen LogP contribution in [0.25, 0.3) is 0 Å². The van der Waals surface area contributed by atoms with E-state index in [4.69, 9.17) is 9.47 Å². The Morgan fingerprint density at radius 1 is 1.11 bits per heavy atom. The lowest BCUT2D eigenvalue weighted by atomic mass is 10.3. The number of nitrogens with zero attached hydrogens (tertiary/aromatic N) is 2. The molecule has 1 aliphatic heterocycles. The summed E-state index contributed by atoms with van der Waals surface area (Å²) in [6.45, 7) is 0.0100. The molecule has 9 heteroatoms. The van der Waals surface area contributed by atoms with Crippen molar-refractivity contribution in [2.45, 2.75) is 6.18 Å². The summed E-state index contributed by atoms with van der Waals surface area (Å²) in [5.41, 5.74) is -0.871. The maximum absolute atomic E-state index is 12.5. The van der Waals surface area contributed by atoms with Crippen molar-refractivity contribution in [1.82, 2.24) is 9.88 Å². The SMILES string of the molecule is O=C(Oc1ccc(Oc2ccc(C(F)(F)F)cn2)cc1)N1C=CC=C(O)C1. The first-order valence-corrected chi connectivity index (χ1v) is 7.67. The number of carbonyl (C=O) groups excluding carboxylic acids is 1. The molecule has 0 aliphatic carbocycles. The van der Waals surface area contributed by atoms with Crippen LogP contribution in [0.1, 0.15) is 5.56 Å². The molecule has 140 valence electrons. The predicted octanol–water partition coefficient (Wildman–Crippen LogP) is 4.66. The fraction of sp³-hybridized carbons (Fsp3) is 0.111. The highest BCUT2D eigenvalue weighted by Crippen LogP contribution is 2.30. The lowest BCUT2D eigenvalue weighted by molar-refractivity contribution is -0.137. The molecule has 1 aromatic carbocycles. The van der Waals surface area contributed by atoms with E-state index in [1.165, 1.54) is 47.5 Å².